The Morgan fingerprint density at radius 3 is 2.41 bits per heavy atom. The first-order valence-corrected chi connectivity index (χ1v) is 9.19. The van der Waals surface area contributed by atoms with E-state index in [2.05, 4.69) is 12.2 Å². The maximum absolute atomic E-state index is 12.6. The van der Waals surface area contributed by atoms with E-state index in [-0.39, 0.29) is 24.3 Å². The van der Waals surface area contributed by atoms with E-state index in [1.54, 1.807) is 30.3 Å². The fourth-order valence-electron chi connectivity index (χ4n) is 2.61. The fourth-order valence-corrected chi connectivity index (χ4v) is 2.74. The van der Waals surface area contributed by atoms with E-state index in [9.17, 15) is 9.59 Å². The lowest BCUT2D eigenvalue weighted by Gasteiger charge is -2.12. The summed E-state index contributed by atoms with van der Waals surface area (Å²) in [5.41, 5.74) is 1.89. The Bertz CT molecular complexity index is 860. The normalized spacial score (nSPS) is 16.6. The lowest BCUT2D eigenvalue weighted by atomic mass is 10.1. The minimum Gasteiger partial charge on any atom is -0.491 e. The standard InChI is InChI=1S/C21H21ClN2O3/c1-3-14(2)27-18-10-6-15(7-11-18)12-19-20(25)24(21(26)23-19)13-16-4-8-17(22)9-5-16/h4-12,14H,3,13H2,1-2H3,(H,23,26)/b19-12-/t14-/m1/s1. The number of carbonyl (C=O) groups is 2. The monoisotopic (exact) mass is 384 g/mol. The summed E-state index contributed by atoms with van der Waals surface area (Å²) in [7, 11) is 0. The summed E-state index contributed by atoms with van der Waals surface area (Å²) in [5.74, 6) is 0.424. The maximum atomic E-state index is 12.6. The molecule has 0 radical (unpaired) electrons. The number of ether oxygens (including phenoxy) is 1. The molecule has 1 N–H and O–H groups in total. The van der Waals surface area contributed by atoms with Gasteiger partial charge in [-0.1, -0.05) is 42.8 Å². The van der Waals surface area contributed by atoms with Crippen LogP contribution in [0.1, 0.15) is 31.4 Å². The van der Waals surface area contributed by atoms with Crippen molar-refractivity contribution in [2.45, 2.75) is 32.9 Å². The number of halogens is 1. The average molecular weight is 385 g/mol. The maximum Gasteiger partial charge on any atom is 0.329 e. The lowest BCUT2D eigenvalue weighted by Crippen LogP contribution is -2.30. The molecule has 5 nitrogen and oxygen atoms in total. The Balaban J connectivity index is 1.71. The summed E-state index contributed by atoms with van der Waals surface area (Å²) in [4.78, 5) is 25.9. The van der Waals surface area contributed by atoms with Gasteiger partial charge in [-0.05, 0) is 54.8 Å². The molecule has 140 valence electrons. The molecule has 1 heterocycles. The molecule has 0 aromatic heterocycles. The van der Waals surface area contributed by atoms with Gasteiger partial charge in [0.1, 0.15) is 11.4 Å². The molecule has 0 bridgehead atoms. The zero-order valence-electron chi connectivity index (χ0n) is 15.2. The molecule has 0 unspecified atom stereocenters. The number of urea groups is 1. The van der Waals surface area contributed by atoms with Crippen molar-refractivity contribution in [3.8, 4) is 5.75 Å². The molecular weight excluding hydrogens is 364 g/mol. The molecule has 3 amide bonds. The van der Waals surface area contributed by atoms with Crippen LogP contribution >= 0.6 is 11.6 Å². The summed E-state index contributed by atoms with van der Waals surface area (Å²) >= 11 is 5.87. The number of benzene rings is 2. The quantitative estimate of drug-likeness (QED) is 0.584. The van der Waals surface area contributed by atoms with Crippen molar-refractivity contribution >= 4 is 29.6 Å². The van der Waals surface area contributed by atoms with Crippen LogP contribution in [0.3, 0.4) is 0 Å². The van der Waals surface area contributed by atoms with Crippen molar-refractivity contribution in [1.82, 2.24) is 10.2 Å². The van der Waals surface area contributed by atoms with Crippen LogP contribution in [0.4, 0.5) is 4.79 Å². The van der Waals surface area contributed by atoms with Gasteiger partial charge in [0.05, 0.1) is 12.6 Å². The van der Waals surface area contributed by atoms with Gasteiger partial charge < -0.3 is 10.1 Å². The molecule has 0 saturated carbocycles. The van der Waals surface area contributed by atoms with Gasteiger partial charge in [-0.3, -0.25) is 9.69 Å². The minimum absolute atomic E-state index is 0.145. The first kappa shape index (κ1) is 19.0. The van der Waals surface area contributed by atoms with Crippen molar-refractivity contribution in [3.05, 3.63) is 70.4 Å². The van der Waals surface area contributed by atoms with E-state index >= 15 is 0 Å². The predicted molar refractivity (Wildman–Crippen MR) is 105 cm³/mol. The molecule has 0 aliphatic carbocycles. The molecule has 1 fully saturated rings. The van der Waals surface area contributed by atoms with Crippen molar-refractivity contribution in [3.63, 3.8) is 0 Å². The SMILES string of the molecule is CC[C@@H](C)Oc1ccc(/C=C2\NC(=O)N(Cc3ccc(Cl)cc3)C2=O)cc1. The molecule has 1 aliphatic heterocycles. The number of imide groups is 1. The van der Waals surface area contributed by atoms with Crippen LogP contribution in [0, 0.1) is 0 Å². The highest BCUT2D eigenvalue weighted by Crippen LogP contribution is 2.20. The highest BCUT2D eigenvalue weighted by Gasteiger charge is 2.33. The third-order valence-corrected chi connectivity index (χ3v) is 4.57. The summed E-state index contributed by atoms with van der Waals surface area (Å²) < 4.78 is 5.74. The second kappa shape index (κ2) is 8.27. The minimum atomic E-state index is -0.432. The third kappa shape index (κ3) is 4.68. The molecular formula is C21H21ClN2O3. The molecule has 1 aliphatic rings. The van der Waals surface area contributed by atoms with Gasteiger partial charge in [-0.25, -0.2) is 4.79 Å². The number of carbonyl (C=O) groups excluding carboxylic acids is 2. The third-order valence-electron chi connectivity index (χ3n) is 4.32. The van der Waals surface area contributed by atoms with Crippen LogP contribution in [0.25, 0.3) is 6.08 Å². The Hall–Kier alpha value is -2.79. The average Bonchev–Trinajstić information content (AvgIpc) is 2.92. The zero-order valence-corrected chi connectivity index (χ0v) is 16.0. The Kier molecular flexibility index (Phi) is 5.81. The molecule has 0 spiro atoms. The first-order chi connectivity index (χ1) is 13.0. The summed E-state index contributed by atoms with van der Waals surface area (Å²) in [6.45, 7) is 4.27. The van der Waals surface area contributed by atoms with Gasteiger partial charge in [0.2, 0.25) is 0 Å². The van der Waals surface area contributed by atoms with Crippen LogP contribution in [0.2, 0.25) is 5.02 Å². The fraction of sp³-hybridized carbons (Fsp3) is 0.238. The van der Waals surface area contributed by atoms with Crippen molar-refractivity contribution in [2.75, 3.05) is 0 Å². The number of hydrogen-bond donors (Lipinski definition) is 1. The molecule has 2 aromatic carbocycles. The van der Waals surface area contributed by atoms with E-state index < -0.39 is 6.03 Å². The first-order valence-electron chi connectivity index (χ1n) is 8.82. The largest absolute Gasteiger partial charge is 0.491 e. The summed E-state index contributed by atoms with van der Waals surface area (Å²) in [6, 6.07) is 14.0. The Labute approximate surface area is 163 Å². The zero-order chi connectivity index (χ0) is 19.4. The smallest absolute Gasteiger partial charge is 0.329 e. The van der Waals surface area contributed by atoms with Gasteiger partial charge in [0, 0.05) is 5.02 Å². The summed E-state index contributed by atoms with van der Waals surface area (Å²) in [6.07, 6.45) is 2.73. The predicted octanol–water partition coefficient (Wildman–Crippen LogP) is 4.61. The topological polar surface area (TPSA) is 58.6 Å². The van der Waals surface area contributed by atoms with E-state index in [1.165, 1.54) is 4.90 Å². The van der Waals surface area contributed by atoms with Crippen molar-refractivity contribution in [2.24, 2.45) is 0 Å². The highest BCUT2D eigenvalue weighted by molar-refractivity contribution is 6.30. The molecule has 3 rings (SSSR count). The molecule has 27 heavy (non-hydrogen) atoms. The number of hydrogen-bond acceptors (Lipinski definition) is 3. The lowest BCUT2D eigenvalue weighted by molar-refractivity contribution is -0.123. The van der Waals surface area contributed by atoms with Gasteiger partial charge in [-0.2, -0.15) is 0 Å². The second-order valence-electron chi connectivity index (χ2n) is 6.41. The van der Waals surface area contributed by atoms with E-state index in [1.807, 2.05) is 31.2 Å². The van der Waals surface area contributed by atoms with Gasteiger partial charge in [0.25, 0.3) is 5.91 Å². The van der Waals surface area contributed by atoms with Crippen molar-refractivity contribution < 1.29 is 14.3 Å². The Morgan fingerprint density at radius 1 is 1.11 bits per heavy atom. The van der Waals surface area contributed by atoms with Crippen molar-refractivity contribution in [1.29, 1.82) is 0 Å². The molecule has 2 aromatic rings. The second-order valence-corrected chi connectivity index (χ2v) is 6.85. The van der Waals surface area contributed by atoms with Crippen LogP contribution in [0.5, 0.6) is 5.75 Å². The van der Waals surface area contributed by atoms with Crippen LogP contribution in [0.15, 0.2) is 54.2 Å². The van der Waals surface area contributed by atoms with E-state index in [4.69, 9.17) is 16.3 Å². The van der Waals surface area contributed by atoms with E-state index in [0.29, 0.717) is 5.02 Å². The van der Waals surface area contributed by atoms with Crippen LogP contribution in [-0.2, 0) is 11.3 Å². The van der Waals surface area contributed by atoms with Crippen LogP contribution < -0.4 is 10.1 Å². The summed E-state index contributed by atoms with van der Waals surface area (Å²) in [5, 5.41) is 3.24. The van der Waals surface area contributed by atoms with Crippen LogP contribution in [-0.4, -0.2) is 22.9 Å². The van der Waals surface area contributed by atoms with Gasteiger partial charge >= 0.3 is 6.03 Å². The number of nitrogens with one attached hydrogen (secondary N) is 1. The van der Waals surface area contributed by atoms with Gasteiger partial charge in [0.15, 0.2) is 0 Å². The number of nitrogens with zero attached hydrogens (tertiary/aromatic N) is 1. The number of amides is 3. The number of rotatable bonds is 6. The van der Waals surface area contributed by atoms with Gasteiger partial charge in [-0.15, -0.1) is 0 Å². The molecule has 1 saturated heterocycles. The molecule has 1 atom stereocenters. The molecule has 6 heteroatoms. The Morgan fingerprint density at radius 2 is 1.78 bits per heavy atom. The highest BCUT2D eigenvalue weighted by atomic mass is 35.5. The van der Waals surface area contributed by atoms with E-state index in [0.717, 1.165) is 23.3 Å².